The van der Waals surface area contributed by atoms with Crippen molar-refractivity contribution in [2.45, 2.75) is 44.2 Å². The van der Waals surface area contributed by atoms with Crippen molar-refractivity contribution in [1.29, 1.82) is 0 Å². The molecule has 0 radical (unpaired) electrons. The minimum absolute atomic E-state index is 0.519. The fourth-order valence-electron chi connectivity index (χ4n) is 2.21. The van der Waals surface area contributed by atoms with E-state index in [0.29, 0.717) is 6.04 Å². The molecule has 3 nitrogen and oxygen atoms in total. The lowest BCUT2D eigenvalue weighted by Crippen LogP contribution is -2.26. The van der Waals surface area contributed by atoms with Crippen molar-refractivity contribution >= 4 is 15.9 Å². The average molecular weight is 256 g/mol. The van der Waals surface area contributed by atoms with Gasteiger partial charge in [0.2, 0.25) is 0 Å². The molecule has 2 aliphatic carbocycles. The highest BCUT2D eigenvalue weighted by atomic mass is 79.9. The van der Waals surface area contributed by atoms with Crippen LogP contribution in [0.4, 0.5) is 0 Å². The molecule has 4 heteroatoms. The summed E-state index contributed by atoms with van der Waals surface area (Å²) in [6.45, 7) is 0. The van der Waals surface area contributed by atoms with Gasteiger partial charge in [-0.2, -0.15) is 5.10 Å². The first kappa shape index (κ1) is 8.92. The van der Waals surface area contributed by atoms with Gasteiger partial charge in [-0.15, -0.1) is 0 Å². The topological polar surface area (TPSA) is 40.7 Å². The molecule has 1 atom stereocenters. The number of nitrogens with zero attached hydrogens (tertiary/aromatic N) is 1. The molecule has 1 heterocycles. The zero-order chi connectivity index (χ0) is 9.54. The quantitative estimate of drug-likeness (QED) is 0.852. The second kappa shape index (κ2) is 3.35. The van der Waals surface area contributed by atoms with Crippen LogP contribution in [0.25, 0.3) is 0 Å². The fourth-order valence-corrected chi connectivity index (χ4v) is 2.71. The predicted octanol–water partition coefficient (Wildman–Crippen LogP) is 2.30. The number of aromatic amines is 1. The maximum Gasteiger partial charge on any atom is 0.131 e. The van der Waals surface area contributed by atoms with Crippen LogP contribution in [0.5, 0.6) is 0 Å². The van der Waals surface area contributed by atoms with E-state index in [4.69, 9.17) is 0 Å². The molecule has 1 aromatic heterocycles. The first-order chi connectivity index (χ1) is 6.84. The van der Waals surface area contributed by atoms with Gasteiger partial charge in [0.05, 0.1) is 5.69 Å². The molecule has 1 unspecified atom stereocenters. The highest BCUT2D eigenvalue weighted by Crippen LogP contribution is 2.34. The van der Waals surface area contributed by atoms with Crippen molar-refractivity contribution in [3.63, 3.8) is 0 Å². The Bertz CT molecular complexity index is 343. The lowest BCUT2D eigenvalue weighted by molar-refractivity contribution is 0.448. The van der Waals surface area contributed by atoms with Crippen LogP contribution in [-0.2, 0) is 6.42 Å². The molecule has 0 amide bonds. The van der Waals surface area contributed by atoms with Gasteiger partial charge < -0.3 is 5.32 Å². The average Bonchev–Trinajstić information content (AvgIpc) is 2.92. The molecule has 1 fully saturated rings. The second-order valence-electron chi connectivity index (χ2n) is 4.29. The molecule has 1 aromatic rings. The molecule has 1 saturated carbocycles. The van der Waals surface area contributed by atoms with Gasteiger partial charge in [0, 0.05) is 17.6 Å². The number of aromatic nitrogens is 2. The van der Waals surface area contributed by atoms with Crippen molar-refractivity contribution in [3.8, 4) is 0 Å². The number of nitrogens with one attached hydrogen (secondary N) is 2. The smallest absolute Gasteiger partial charge is 0.131 e. The van der Waals surface area contributed by atoms with Crippen molar-refractivity contribution in [1.82, 2.24) is 15.5 Å². The SMILES string of the molecule is Brc1n[nH]c2c1CCCC2NC1CC1. The number of rotatable bonds is 2. The number of hydrogen-bond acceptors (Lipinski definition) is 2. The third-order valence-electron chi connectivity index (χ3n) is 3.13. The van der Waals surface area contributed by atoms with Crippen LogP contribution in [0.1, 0.15) is 43.0 Å². The Morgan fingerprint density at radius 1 is 1.36 bits per heavy atom. The summed E-state index contributed by atoms with van der Waals surface area (Å²) in [7, 11) is 0. The van der Waals surface area contributed by atoms with E-state index in [2.05, 4.69) is 31.4 Å². The first-order valence-electron chi connectivity index (χ1n) is 5.33. The highest BCUT2D eigenvalue weighted by Gasteiger charge is 2.30. The molecule has 0 spiro atoms. The Hall–Kier alpha value is -0.350. The van der Waals surface area contributed by atoms with Crippen LogP contribution in [-0.4, -0.2) is 16.2 Å². The van der Waals surface area contributed by atoms with E-state index in [1.54, 1.807) is 0 Å². The molecular formula is C10H14BrN3. The van der Waals surface area contributed by atoms with Crippen LogP contribution in [0.2, 0.25) is 0 Å². The highest BCUT2D eigenvalue weighted by molar-refractivity contribution is 9.10. The van der Waals surface area contributed by atoms with Crippen LogP contribution in [0.3, 0.4) is 0 Å². The first-order valence-corrected chi connectivity index (χ1v) is 6.12. The van der Waals surface area contributed by atoms with Gasteiger partial charge in [-0.05, 0) is 48.0 Å². The van der Waals surface area contributed by atoms with Crippen LogP contribution in [0, 0.1) is 0 Å². The van der Waals surface area contributed by atoms with Crippen molar-refractivity contribution < 1.29 is 0 Å². The molecular weight excluding hydrogens is 242 g/mol. The third-order valence-corrected chi connectivity index (χ3v) is 3.79. The summed E-state index contributed by atoms with van der Waals surface area (Å²) in [5, 5.41) is 11.0. The zero-order valence-corrected chi connectivity index (χ0v) is 9.60. The Balaban J connectivity index is 1.86. The van der Waals surface area contributed by atoms with Gasteiger partial charge >= 0.3 is 0 Å². The van der Waals surface area contributed by atoms with E-state index in [-0.39, 0.29) is 0 Å². The Kier molecular flexibility index (Phi) is 2.13. The van der Waals surface area contributed by atoms with Gasteiger partial charge in [0.15, 0.2) is 0 Å². The van der Waals surface area contributed by atoms with E-state index >= 15 is 0 Å². The van der Waals surface area contributed by atoms with Crippen LogP contribution < -0.4 is 5.32 Å². The number of hydrogen-bond donors (Lipinski definition) is 2. The van der Waals surface area contributed by atoms with E-state index < -0.39 is 0 Å². The largest absolute Gasteiger partial charge is 0.306 e. The number of H-pyrrole nitrogens is 1. The third kappa shape index (κ3) is 1.50. The fraction of sp³-hybridized carbons (Fsp3) is 0.700. The Morgan fingerprint density at radius 2 is 2.21 bits per heavy atom. The maximum atomic E-state index is 4.23. The summed E-state index contributed by atoms with van der Waals surface area (Å²) >= 11 is 3.49. The summed E-state index contributed by atoms with van der Waals surface area (Å²) in [5.41, 5.74) is 2.70. The van der Waals surface area contributed by atoms with E-state index in [1.807, 2.05) is 0 Å². The van der Waals surface area contributed by atoms with Crippen molar-refractivity contribution in [2.24, 2.45) is 0 Å². The number of fused-ring (bicyclic) bond motifs is 1. The summed E-state index contributed by atoms with van der Waals surface area (Å²) < 4.78 is 1.01. The molecule has 0 bridgehead atoms. The van der Waals surface area contributed by atoms with Gasteiger partial charge in [-0.25, -0.2) is 0 Å². The van der Waals surface area contributed by atoms with E-state index in [0.717, 1.165) is 17.1 Å². The molecule has 0 saturated heterocycles. The standard InChI is InChI=1S/C10H14BrN3/c11-10-7-2-1-3-8(9(7)13-14-10)12-6-4-5-6/h6,8,12H,1-5H2,(H,13,14). The van der Waals surface area contributed by atoms with Crippen molar-refractivity contribution in [2.75, 3.05) is 0 Å². The monoisotopic (exact) mass is 255 g/mol. The van der Waals surface area contributed by atoms with Gasteiger partial charge in [0.1, 0.15) is 4.60 Å². The van der Waals surface area contributed by atoms with Crippen LogP contribution in [0.15, 0.2) is 4.60 Å². The predicted molar refractivity (Wildman–Crippen MR) is 58.1 cm³/mol. The Morgan fingerprint density at radius 3 is 3.00 bits per heavy atom. The second-order valence-corrected chi connectivity index (χ2v) is 5.04. The molecule has 3 rings (SSSR count). The van der Waals surface area contributed by atoms with Gasteiger partial charge in [0.25, 0.3) is 0 Å². The minimum atomic E-state index is 0.519. The summed E-state index contributed by atoms with van der Waals surface area (Å²) in [4.78, 5) is 0. The number of halogens is 1. The van der Waals surface area contributed by atoms with Gasteiger partial charge in [-0.1, -0.05) is 0 Å². The summed E-state index contributed by atoms with van der Waals surface area (Å²) in [5.74, 6) is 0. The lowest BCUT2D eigenvalue weighted by Gasteiger charge is -2.22. The molecule has 14 heavy (non-hydrogen) atoms. The lowest BCUT2D eigenvalue weighted by atomic mass is 9.94. The minimum Gasteiger partial charge on any atom is -0.306 e. The molecule has 76 valence electrons. The summed E-state index contributed by atoms with van der Waals surface area (Å²) in [6, 6.07) is 1.29. The van der Waals surface area contributed by atoms with Crippen LogP contribution >= 0.6 is 15.9 Å². The summed E-state index contributed by atoms with van der Waals surface area (Å²) in [6.07, 6.45) is 6.38. The molecule has 2 N–H and O–H groups in total. The molecule has 0 aliphatic heterocycles. The van der Waals surface area contributed by atoms with E-state index in [1.165, 1.54) is 36.9 Å². The molecule has 0 aromatic carbocycles. The zero-order valence-electron chi connectivity index (χ0n) is 8.02. The van der Waals surface area contributed by atoms with E-state index in [9.17, 15) is 0 Å². The van der Waals surface area contributed by atoms with Crippen molar-refractivity contribution in [3.05, 3.63) is 15.9 Å². The normalized spacial score (nSPS) is 26.2. The van der Waals surface area contributed by atoms with Gasteiger partial charge in [-0.3, -0.25) is 5.10 Å². The molecule has 2 aliphatic rings. The maximum absolute atomic E-state index is 4.23. The Labute approximate surface area is 91.8 Å².